The molecule has 19 heteroatoms. The fraction of sp³-hybridized carbons (Fsp3) is 0.886. The first-order chi connectivity index (χ1) is 42.8. The van der Waals surface area contributed by atoms with E-state index in [0.717, 1.165) is 127 Å². The molecule has 0 aromatic heterocycles. The summed E-state index contributed by atoms with van der Waals surface area (Å²) < 4.78 is 68.2. The van der Waals surface area contributed by atoms with E-state index < -0.39 is 97.5 Å². The van der Waals surface area contributed by atoms with Gasteiger partial charge in [-0.2, -0.15) is 0 Å². The summed E-state index contributed by atoms with van der Waals surface area (Å²) in [5.41, 5.74) is 0. The molecule has 524 valence electrons. The molecule has 0 aliphatic heterocycles. The van der Waals surface area contributed by atoms with Gasteiger partial charge in [0.1, 0.15) is 19.3 Å². The van der Waals surface area contributed by atoms with Gasteiger partial charge in [0, 0.05) is 25.7 Å². The summed E-state index contributed by atoms with van der Waals surface area (Å²) in [7, 11) is -9.91. The lowest BCUT2D eigenvalue weighted by Crippen LogP contribution is -2.30. The fourth-order valence-electron chi connectivity index (χ4n) is 9.94. The largest absolute Gasteiger partial charge is 0.472 e. The Labute approximate surface area is 542 Å². The van der Waals surface area contributed by atoms with Crippen molar-refractivity contribution in [2.75, 3.05) is 39.6 Å². The average molecular weight is 1310 g/mol. The molecule has 0 saturated heterocycles. The van der Waals surface area contributed by atoms with Gasteiger partial charge in [-0.1, -0.05) is 272 Å². The van der Waals surface area contributed by atoms with Crippen molar-refractivity contribution in [1.29, 1.82) is 0 Å². The van der Waals surface area contributed by atoms with Gasteiger partial charge in [-0.3, -0.25) is 37.3 Å². The van der Waals surface area contributed by atoms with Crippen LogP contribution in [-0.4, -0.2) is 96.7 Å². The smallest absolute Gasteiger partial charge is 0.462 e. The molecule has 0 spiro atoms. The molecule has 4 unspecified atom stereocenters. The van der Waals surface area contributed by atoms with Crippen LogP contribution in [0.4, 0.5) is 0 Å². The molecule has 0 aliphatic carbocycles. The number of aliphatic hydroxyl groups excluding tert-OH is 1. The predicted molar refractivity (Wildman–Crippen MR) is 358 cm³/mol. The third-order valence-corrected chi connectivity index (χ3v) is 18.1. The molecule has 0 heterocycles. The zero-order chi connectivity index (χ0) is 65.9. The van der Waals surface area contributed by atoms with Crippen molar-refractivity contribution in [3.63, 3.8) is 0 Å². The fourth-order valence-corrected chi connectivity index (χ4v) is 11.5. The minimum atomic E-state index is -4.96. The van der Waals surface area contributed by atoms with Gasteiger partial charge in [-0.05, 0) is 69.1 Å². The molecule has 0 rings (SSSR count). The SMILES string of the molecule is CCCCCC/C=C\C=C/CCCCCCCC(=O)O[C@H](COC(=O)CCCCCCCCCCCC(C)C)COP(=O)(O)OC[C@@H](O)COP(=O)(O)OC[C@@H](COC(=O)CCCCCCCCC(C)CC)OC(=O)CCCCCCCCCCC(C)CC. The van der Waals surface area contributed by atoms with Crippen LogP contribution in [0, 0.1) is 17.8 Å². The second kappa shape index (κ2) is 60.5. The van der Waals surface area contributed by atoms with Gasteiger partial charge in [0.05, 0.1) is 26.4 Å². The number of hydrogen-bond acceptors (Lipinski definition) is 15. The summed E-state index contributed by atoms with van der Waals surface area (Å²) in [6, 6.07) is 0. The van der Waals surface area contributed by atoms with Gasteiger partial charge < -0.3 is 33.8 Å². The van der Waals surface area contributed by atoms with Gasteiger partial charge in [0.25, 0.3) is 0 Å². The van der Waals surface area contributed by atoms with Crippen LogP contribution >= 0.6 is 15.6 Å². The first kappa shape index (κ1) is 86.5. The normalized spacial score (nSPS) is 15.0. The summed E-state index contributed by atoms with van der Waals surface area (Å²) in [6.07, 6.45) is 46.6. The first-order valence-electron chi connectivity index (χ1n) is 35.7. The second-order valence-electron chi connectivity index (χ2n) is 25.5. The number of hydrogen-bond donors (Lipinski definition) is 3. The van der Waals surface area contributed by atoms with Crippen molar-refractivity contribution in [3.8, 4) is 0 Å². The Morgan fingerprint density at radius 3 is 1.00 bits per heavy atom. The van der Waals surface area contributed by atoms with Gasteiger partial charge in [-0.25, -0.2) is 9.13 Å². The Kier molecular flexibility index (Phi) is 58.8. The van der Waals surface area contributed by atoms with E-state index in [1.165, 1.54) is 116 Å². The van der Waals surface area contributed by atoms with Crippen LogP contribution in [0.2, 0.25) is 0 Å². The molecule has 0 amide bonds. The molecule has 0 radical (unpaired) electrons. The number of carbonyl (C=O) groups excluding carboxylic acids is 4. The summed E-state index contributed by atoms with van der Waals surface area (Å²) >= 11 is 0. The molecule has 0 aromatic rings. The molecular weight excluding hydrogens is 1170 g/mol. The van der Waals surface area contributed by atoms with Crippen molar-refractivity contribution in [3.05, 3.63) is 24.3 Å². The number of rotatable bonds is 66. The molecule has 7 atom stereocenters. The standard InChI is InChI=1S/C70H132O17P2/c1-8-11-12-13-14-15-16-17-18-19-20-23-30-39-46-53-69(74)86-65(57-80-67(72)51-44-37-29-24-21-22-27-34-41-48-61(4)5)59-84-88(76,77)82-55-64(71)56-83-89(78,79)85-60-66(58-81-68(73)52-45-38-33-32-36-43-50-63(7)10-3)87-70(75)54-47-40-31-26-25-28-35-42-49-62(6)9-2/h15-18,61-66,71H,8-14,19-60H2,1-7H3,(H,76,77)(H,78,79)/b16-15-,18-17-/t62?,63?,64-,65-,66-/m1/s1. The lowest BCUT2D eigenvalue weighted by Gasteiger charge is -2.21. The number of ether oxygens (including phenoxy) is 4. The lowest BCUT2D eigenvalue weighted by molar-refractivity contribution is -0.161. The number of phosphoric ester groups is 2. The van der Waals surface area contributed by atoms with E-state index in [-0.39, 0.29) is 25.7 Å². The lowest BCUT2D eigenvalue weighted by atomic mass is 9.99. The zero-order valence-electron chi connectivity index (χ0n) is 57.4. The van der Waals surface area contributed by atoms with E-state index in [9.17, 15) is 43.2 Å². The molecule has 3 N–H and O–H groups in total. The molecule has 89 heavy (non-hydrogen) atoms. The molecule has 0 aliphatic rings. The first-order valence-corrected chi connectivity index (χ1v) is 38.7. The summed E-state index contributed by atoms with van der Waals surface area (Å²) in [5.74, 6) is 0.0780. The number of carbonyl (C=O) groups is 4. The van der Waals surface area contributed by atoms with Crippen molar-refractivity contribution in [2.24, 2.45) is 17.8 Å². The highest BCUT2D eigenvalue weighted by Crippen LogP contribution is 2.45. The van der Waals surface area contributed by atoms with E-state index in [4.69, 9.17) is 37.0 Å². The molecule has 17 nitrogen and oxygen atoms in total. The van der Waals surface area contributed by atoms with Gasteiger partial charge >= 0.3 is 39.5 Å². The Balaban J connectivity index is 5.31. The quantitative estimate of drug-likeness (QED) is 0.0169. The molecule has 0 saturated carbocycles. The number of allylic oxidation sites excluding steroid dienone is 4. The minimum Gasteiger partial charge on any atom is -0.462 e. The van der Waals surface area contributed by atoms with E-state index in [2.05, 4.69) is 72.8 Å². The Morgan fingerprint density at radius 2 is 0.663 bits per heavy atom. The second-order valence-corrected chi connectivity index (χ2v) is 28.5. The van der Waals surface area contributed by atoms with Crippen molar-refractivity contribution in [2.45, 2.75) is 343 Å². The maximum absolute atomic E-state index is 13.0. The van der Waals surface area contributed by atoms with Crippen molar-refractivity contribution < 1.29 is 80.2 Å². The topological polar surface area (TPSA) is 237 Å². The third kappa shape index (κ3) is 61.5. The van der Waals surface area contributed by atoms with E-state index in [0.29, 0.717) is 25.7 Å². The predicted octanol–water partition coefficient (Wildman–Crippen LogP) is 19.4. The van der Waals surface area contributed by atoms with Crippen molar-refractivity contribution in [1.82, 2.24) is 0 Å². The van der Waals surface area contributed by atoms with E-state index in [1.54, 1.807) is 0 Å². The number of esters is 4. The van der Waals surface area contributed by atoms with Crippen LogP contribution < -0.4 is 0 Å². The molecule has 0 fully saturated rings. The van der Waals surface area contributed by atoms with Gasteiger partial charge in [0.15, 0.2) is 12.2 Å². The maximum Gasteiger partial charge on any atom is 0.472 e. The van der Waals surface area contributed by atoms with Gasteiger partial charge in [0.2, 0.25) is 0 Å². The van der Waals surface area contributed by atoms with Crippen LogP contribution in [0.5, 0.6) is 0 Å². The highest BCUT2D eigenvalue weighted by atomic mass is 31.2. The van der Waals surface area contributed by atoms with Crippen LogP contribution in [0.15, 0.2) is 24.3 Å². The van der Waals surface area contributed by atoms with E-state index in [1.807, 2.05) is 0 Å². The Morgan fingerprint density at radius 1 is 0.371 bits per heavy atom. The monoisotopic (exact) mass is 1310 g/mol. The summed E-state index contributed by atoms with van der Waals surface area (Å²) in [5, 5.41) is 10.6. The van der Waals surface area contributed by atoms with Gasteiger partial charge in [-0.15, -0.1) is 0 Å². The summed E-state index contributed by atoms with van der Waals surface area (Å²) in [6.45, 7) is 11.7. The van der Waals surface area contributed by atoms with Crippen molar-refractivity contribution >= 4 is 39.5 Å². The number of phosphoric acid groups is 2. The minimum absolute atomic E-state index is 0.0840. The Hall–Kier alpha value is -2.46. The van der Waals surface area contributed by atoms with Crippen LogP contribution in [-0.2, 0) is 65.4 Å². The molecule has 0 bridgehead atoms. The maximum atomic E-state index is 13.0. The number of unbranched alkanes of at least 4 members (excludes halogenated alkanes) is 29. The van der Waals surface area contributed by atoms with Crippen LogP contribution in [0.1, 0.15) is 325 Å². The molecular formula is C70H132O17P2. The summed E-state index contributed by atoms with van der Waals surface area (Å²) in [4.78, 5) is 72.5. The highest BCUT2D eigenvalue weighted by Gasteiger charge is 2.30. The third-order valence-electron chi connectivity index (χ3n) is 16.2. The number of aliphatic hydroxyl groups is 1. The van der Waals surface area contributed by atoms with Crippen LogP contribution in [0.25, 0.3) is 0 Å². The Bertz CT molecular complexity index is 1850. The molecule has 0 aromatic carbocycles. The highest BCUT2D eigenvalue weighted by molar-refractivity contribution is 7.47. The van der Waals surface area contributed by atoms with Crippen LogP contribution in [0.3, 0.4) is 0 Å². The zero-order valence-corrected chi connectivity index (χ0v) is 59.2. The van der Waals surface area contributed by atoms with E-state index >= 15 is 0 Å². The average Bonchev–Trinajstić information content (AvgIpc) is 3.52.